The Morgan fingerprint density at radius 3 is 2.78 bits per heavy atom. The topological polar surface area (TPSA) is 48.1 Å². The van der Waals surface area contributed by atoms with Gasteiger partial charge in [0.05, 0.1) is 0 Å². The van der Waals surface area contributed by atoms with Gasteiger partial charge in [0.2, 0.25) is 0 Å². The number of pyridine rings is 1. The maximum atomic E-state index is 6.25. The molecule has 0 spiro atoms. The van der Waals surface area contributed by atoms with E-state index in [4.69, 9.17) is 10.5 Å². The van der Waals surface area contributed by atoms with E-state index in [9.17, 15) is 0 Å². The molecule has 1 aromatic heterocycles. The molecule has 1 saturated carbocycles. The van der Waals surface area contributed by atoms with Crippen LogP contribution in [0.4, 0.5) is 0 Å². The third kappa shape index (κ3) is 1.95. The van der Waals surface area contributed by atoms with Gasteiger partial charge in [-0.2, -0.15) is 0 Å². The lowest BCUT2D eigenvalue weighted by molar-refractivity contribution is -0.0113. The second-order valence-corrected chi connectivity index (χ2v) is 5.01. The third-order valence-electron chi connectivity index (χ3n) is 3.79. The first-order valence-corrected chi connectivity index (χ1v) is 6.56. The van der Waals surface area contributed by atoms with Gasteiger partial charge in [-0.1, -0.05) is 18.2 Å². The smallest absolute Gasteiger partial charge is 0.146 e. The zero-order valence-corrected chi connectivity index (χ0v) is 10.4. The van der Waals surface area contributed by atoms with Crippen molar-refractivity contribution in [3.8, 4) is 5.75 Å². The van der Waals surface area contributed by atoms with Crippen LogP contribution in [0.1, 0.15) is 25.7 Å². The fourth-order valence-electron chi connectivity index (χ4n) is 2.63. The Balaban J connectivity index is 1.94. The number of nitrogens with two attached hydrogens (primary N) is 1. The summed E-state index contributed by atoms with van der Waals surface area (Å²) in [5.41, 5.74) is 6.60. The van der Waals surface area contributed by atoms with Gasteiger partial charge in [0.25, 0.3) is 0 Å². The predicted molar refractivity (Wildman–Crippen MR) is 72.6 cm³/mol. The Kier molecular flexibility index (Phi) is 2.92. The molecule has 1 aromatic carbocycles. The minimum atomic E-state index is -0.0411. The molecule has 0 saturated heterocycles. The van der Waals surface area contributed by atoms with Crippen molar-refractivity contribution in [3.63, 3.8) is 0 Å². The maximum Gasteiger partial charge on any atom is 0.146 e. The SMILES string of the molecule is NCCC1(Oc2cccc3cccnc23)CCC1. The van der Waals surface area contributed by atoms with Crippen LogP contribution < -0.4 is 10.5 Å². The molecule has 2 aromatic rings. The Morgan fingerprint density at radius 2 is 2.06 bits per heavy atom. The Labute approximate surface area is 107 Å². The summed E-state index contributed by atoms with van der Waals surface area (Å²) in [5, 5.41) is 1.12. The highest BCUT2D eigenvalue weighted by atomic mass is 16.5. The summed E-state index contributed by atoms with van der Waals surface area (Å²) >= 11 is 0. The van der Waals surface area contributed by atoms with Crippen LogP contribution in [-0.4, -0.2) is 17.1 Å². The number of ether oxygens (including phenoxy) is 1. The monoisotopic (exact) mass is 242 g/mol. The normalized spacial score (nSPS) is 17.4. The van der Waals surface area contributed by atoms with E-state index in [1.54, 1.807) is 0 Å². The summed E-state index contributed by atoms with van der Waals surface area (Å²) in [6.45, 7) is 0.679. The van der Waals surface area contributed by atoms with Crippen LogP contribution in [0.5, 0.6) is 5.75 Å². The number of fused-ring (bicyclic) bond motifs is 1. The van der Waals surface area contributed by atoms with Crippen molar-refractivity contribution in [1.82, 2.24) is 4.98 Å². The van der Waals surface area contributed by atoms with Gasteiger partial charge in [0.15, 0.2) is 0 Å². The molecule has 0 unspecified atom stereocenters. The first-order valence-electron chi connectivity index (χ1n) is 6.56. The average molecular weight is 242 g/mol. The lowest BCUT2D eigenvalue weighted by atomic mass is 9.77. The largest absolute Gasteiger partial charge is 0.485 e. The molecule has 18 heavy (non-hydrogen) atoms. The molecule has 0 atom stereocenters. The molecule has 0 amide bonds. The average Bonchev–Trinajstić information content (AvgIpc) is 2.37. The van der Waals surface area contributed by atoms with Crippen LogP contribution >= 0.6 is 0 Å². The number of nitrogens with zero attached hydrogens (tertiary/aromatic N) is 1. The zero-order chi connectivity index (χ0) is 12.4. The van der Waals surface area contributed by atoms with Crippen LogP contribution in [0.25, 0.3) is 10.9 Å². The van der Waals surface area contributed by atoms with E-state index in [2.05, 4.69) is 17.1 Å². The van der Waals surface area contributed by atoms with Gasteiger partial charge in [0.1, 0.15) is 16.9 Å². The number of hydrogen-bond acceptors (Lipinski definition) is 3. The molecular weight excluding hydrogens is 224 g/mol. The molecule has 0 bridgehead atoms. The molecular formula is C15H18N2O. The fourth-order valence-corrected chi connectivity index (χ4v) is 2.63. The molecule has 3 rings (SSSR count). The number of hydrogen-bond donors (Lipinski definition) is 1. The molecule has 0 radical (unpaired) electrons. The molecule has 0 aliphatic heterocycles. The van der Waals surface area contributed by atoms with Gasteiger partial charge >= 0.3 is 0 Å². The molecule has 3 heteroatoms. The van der Waals surface area contributed by atoms with E-state index < -0.39 is 0 Å². The standard InChI is InChI=1S/C15H18N2O/c16-10-9-15(7-3-8-15)18-13-6-1-4-12-5-2-11-17-14(12)13/h1-2,4-6,11H,3,7-10,16H2. The van der Waals surface area contributed by atoms with Gasteiger partial charge in [0, 0.05) is 11.6 Å². The first-order chi connectivity index (χ1) is 8.83. The Morgan fingerprint density at radius 1 is 1.22 bits per heavy atom. The van der Waals surface area contributed by atoms with Crippen molar-refractivity contribution in [3.05, 3.63) is 36.5 Å². The number of para-hydroxylation sites is 1. The highest BCUT2D eigenvalue weighted by molar-refractivity contribution is 5.84. The summed E-state index contributed by atoms with van der Waals surface area (Å²) in [5.74, 6) is 0.890. The summed E-state index contributed by atoms with van der Waals surface area (Å²) in [6, 6.07) is 10.1. The van der Waals surface area contributed by atoms with Crippen molar-refractivity contribution in [1.29, 1.82) is 0 Å². The summed E-state index contributed by atoms with van der Waals surface area (Å²) in [6.07, 6.45) is 6.18. The fraction of sp³-hybridized carbons (Fsp3) is 0.400. The zero-order valence-electron chi connectivity index (χ0n) is 10.4. The lowest BCUT2D eigenvalue weighted by Crippen LogP contribution is -2.44. The highest BCUT2D eigenvalue weighted by Gasteiger charge is 2.38. The highest BCUT2D eigenvalue weighted by Crippen LogP contribution is 2.40. The summed E-state index contributed by atoms with van der Waals surface area (Å²) < 4.78 is 6.25. The van der Waals surface area contributed by atoms with Crippen molar-refractivity contribution in [2.24, 2.45) is 5.73 Å². The molecule has 94 valence electrons. The number of aromatic nitrogens is 1. The van der Waals surface area contributed by atoms with Crippen molar-refractivity contribution >= 4 is 10.9 Å². The van der Waals surface area contributed by atoms with Crippen molar-refractivity contribution < 1.29 is 4.74 Å². The predicted octanol–water partition coefficient (Wildman–Crippen LogP) is 2.89. The molecule has 1 aliphatic carbocycles. The van der Waals surface area contributed by atoms with Crippen molar-refractivity contribution in [2.75, 3.05) is 6.54 Å². The minimum Gasteiger partial charge on any atom is -0.485 e. The number of rotatable bonds is 4. The summed E-state index contributed by atoms with van der Waals surface area (Å²) in [7, 11) is 0. The lowest BCUT2D eigenvalue weighted by Gasteiger charge is -2.42. The Bertz CT molecular complexity index is 544. The van der Waals surface area contributed by atoms with Gasteiger partial charge in [-0.25, -0.2) is 0 Å². The van der Waals surface area contributed by atoms with Gasteiger partial charge in [-0.3, -0.25) is 4.98 Å². The number of benzene rings is 1. The minimum absolute atomic E-state index is 0.0411. The molecule has 1 heterocycles. The molecule has 2 N–H and O–H groups in total. The summed E-state index contributed by atoms with van der Waals surface area (Å²) in [4.78, 5) is 4.43. The van der Waals surface area contributed by atoms with Gasteiger partial charge in [-0.15, -0.1) is 0 Å². The van der Waals surface area contributed by atoms with E-state index in [1.165, 1.54) is 6.42 Å². The van der Waals surface area contributed by atoms with E-state index in [0.717, 1.165) is 35.9 Å². The van der Waals surface area contributed by atoms with Crippen LogP contribution in [0.15, 0.2) is 36.5 Å². The molecule has 3 nitrogen and oxygen atoms in total. The van der Waals surface area contributed by atoms with Gasteiger partial charge in [-0.05, 0) is 44.4 Å². The van der Waals surface area contributed by atoms with Crippen LogP contribution in [0.2, 0.25) is 0 Å². The molecule has 1 fully saturated rings. The Hall–Kier alpha value is -1.61. The van der Waals surface area contributed by atoms with Gasteiger partial charge < -0.3 is 10.5 Å². The van der Waals surface area contributed by atoms with E-state index in [0.29, 0.717) is 6.54 Å². The second kappa shape index (κ2) is 4.58. The quantitative estimate of drug-likeness (QED) is 0.896. The van der Waals surface area contributed by atoms with E-state index in [-0.39, 0.29) is 5.60 Å². The maximum absolute atomic E-state index is 6.25. The molecule has 1 aliphatic rings. The van der Waals surface area contributed by atoms with Crippen LogP contribution in [0.3, 0.4) is 0 Å². The van der Waals surface area contributed by atoms with E-state index in [1.807, 2.05) is 24.4 Å². The van der Waals surface area contributed by atoms with Crippen molar-refractivity contribution in [2.45, 2.75) is 31.3 Å². The third-order valence-corrected chi connectivity index (χ3v) is 3.79. The van der Waals surface area contributed by atoms with E-state index >= 15 is 0 Å². The first kappa shape index (κ1) is 11.5. The second-order valence-electron chi connectivity index (χ2n) is 5.01. The van der Waals surface area contributed by atoms with Crippen LogP contribution in [0, 0.1) is 0 Å². The van der Waals surface area contributed by atoms with Crippen LogP contribution in [-0.2, 0) is 0 Å².